The van der Waals surface area contributed by atoms with Gasteiger partial charge in [-0.1, -0.05) is 27.7 Å². The zero-order chi connectivity index (χ0) is 15.3. The van der Waals surface area contributed by atoms with E-state index in [1.54, 1.807) is 0 Å². The molecule has 0 aliphatic carbocycles. The molecule has 2 heterocycles. The van der Waals surface area contributed by atoms with Crippen molar-refractivity contribution in [2.24, 2.45) is 5.41 Å². The molecule has 0 aromatic carbocycles. The average molecular weight is 310 g/mol. The van der Waals surface area contributed by atoms with E-state index < -0.39 is 0 Å². The smallest absolute Gasteiger partial charge is 0.185 e. The highest BCUT2D eigenvalue weighted by Gasteiger charge is 2.25. The fraction of sp³-hybridized carbons (Fsp3) is 0.824. The van der Waals surface area contributed by atoms with E-state index in [0.29, 0.717) is 5.41 Å². The summed E-state index contributed by atoms with van der Waals surface area (Å²) in [5.74, 6) is 0. The highest BCUT2D eigenvalue weighted by Crippen LogP contribution is 2.34. The molecule has 1 fully saturated rings. The summed E-state index contributed by atoms with van der Waals surface area (Å²) >= 11 is 1.90. The summed E-state index contributed by atoms with van der Waals surface area (Å²) in [6, 6.07) is 0. The minimum absolute atomic E-state index is 0.491. The van der Waals surface area contributed by atoms with E-state index in [1.807, 2.05) is 11.3 Å². The van der Waals surface area contributed by atoms with Gasteiger partial charge in [0.25, 0.3) is 0 Å². The van der Waals surface area contributed by atoms with Gasteiger partial charge in [-0.05, 0) is 44.1 Å². The molecule has 0 spiro atoms. The number of aryl methyl sites for hydroxylation is 1. The van der Waals surface area contributed by atoms with Crippen LogP contribution in [0.25, 0.3) is 0 Å². The predicted octanol–water partition coefficient (Wildman–Crippen LogP) is 4.22. The molecule has 1 N–H and O–H groups in total. The van der Waals surface area contributed by atoms with Crippen molar-refractivity contribution in [3.63, 3.8) is 0 Å². The van der Waals surface area contributed by atoms with Gasteiger partial charge in [0.15, 0.2) is 5.13 Å². The molecule has 3 nitrogen and oxygen atoms in total. The molecule has 1 aromatic rings. The molecule has 0 saturated carbocycles. The molecule has 1 aliphatic rings. The number of anilines is 1. The van der Waals surface area contributed by atoms with Crippen LogP contribution in [0.1, 0.15) is 63.9 Å². The van der Waals surface area contributed by atoms with Gasteiger partial charge in [0.2, 0.25) is 0 Å². The Labute approximate surface area is 134 Å². The normalized spacial score (nSPS) is 18.8. The summed E-state index contributed by atoms with van der Waals surface area (Å²) in [5, 5.41) is 4.77. The van der Waals surface area contributed by atoms with Crippen LogP contribution in [0.4, 0.5) is 5.13 Å². The summed E-state index contributed by atoms with van der Waals surface area (Å²) < 4.78 is 0. The van der Waals surface area contributed by atoms with E-state index in [1.165, 1.54) is 47.9 Å². The quantitative estimate of drug-likeness (QED) is 0.797. The molecule has 2 rings (SSSR count). The van der Waals surface area contributed by atoms with Crippen LogP contribution in [-0.4, -0.2) is 24.6 Å². The third-order valence-electron chi connectivity index (χ3n) is 4.42. The molecule has 0 atom stereocenters. The van der Waals surface area contributed by atoms with Crippen LogP contribution in [-0.2, 0) is 13.0 Å². The third-order valence-corrected chi connectivity index (χ3v) is 5.58. The van der Waals surface area contributed by atoms with E-state index in [9.17, 15) is 0 Å². The topological polar surface area (TPSA) is 28.2 Å². The minimum Gasteiger partial charge on any atom is -0.348 e. The number of hydrogen-bond donors (Lipinski definition) is 1. The molecule has 1 saturated heterocycles. The molecule has 4 heteroatoms. The van der Waals surface area contributed by atoms with Gasteiger partial charge in [0, 0.05) is 24.5 Å². The van der Waals surface area contributed by atoms with Gasteiger partial charge >= 0.3 is 0 Å². The van der Waals surface area contributed by atoms with Crippen LogP contribution in [0.2, 0.25) is 0 Å². The first-order chi connectivity index (χ1) is 10.1. The lowest BCUT2D eigenvalue weighted by Crippen LogP contribution is -2.24. The predicted molar refractivity (Wildman–Crippen MR) is 93.3 cm³/mol. The molecule has 0 bridgehead atoms. The van der Waals surface area contributed by atoms with Gasteiger partial charge in [0.05, 0.1) is 5.69 Å². The zero-order valence-electron chi connectivity index (χ0n) is 14.2. The Morgan fingerprint density at radius 2 is 2.05 bits per heavy atom. The fourth-order valence-electron chi connectivity index (χ4n) is 2.91. The summed E-state index contributed by atoms with van der Waals surface area (Å²) in [6.45, 7) is 13.6. The third kappa shape index (κ3) is 4.68. The SMILES string of the molecule is CCCNCc1sc(N2CCCC(C)(C)CC2)nc1CC. The van der Waals surface area contributed by atoms with Crippen molar-refractivity contribution in [1.29, 1.82) is 0 Å². The molecule has 0 amide bonds. The van der Waals surface area contributed by atoms with Gasteiger partial charge in [-0.3, -0.25) is 0 Å². The molecule has 1 aromatic heterocycles. The Bertz CT molecular complexity index is 439. The number of nitrogens with zero attached hydrogens (tertiary/aromatic N) is 2. The van der Waals surface area contributed by atoms with Crippen LogP contribution in [0.3, 0.4) is 0 Å². The zero-order valence-corrected chi connectivity index (χ0v) is 15.0. The summed E-state index contributed by atoms with van der Waals surface area (Å²) in [7, 11) is 0. The second-order valence-electron chi connectivity index (χ2n) is 6.90. The maximum Gasteiger partial charge on any atom is 0.185 e. The van der Waals surface area contributed by atoms with Crippen LogP contribution >= 0.6 is 11.3 Å². The largest absolute Gasteiger partial charge is 0.348 e. The maximum absolute atomic E-state index is 4.92. The van der Waals surface area contributed by atoms with Gasteiger partial charge in [0.1, 0.15) is 0 Å². The standard InChI is InChI=1S/C17H31N3S/c1-5-10-18-13-15-14(6-2)19-16(21-15)20-11-7-8-17(3,4)9-12-20/h18H,5-13H2,1-4H3. The Balaban J connectivity index is 2.05. The average Bonchev–Trinajstić information content (AvgIpc) is 2.76. The van der Waals surface area contributed by atoms with Crippen molar-refractivity contribution in [3.8, 4) is 0 Å². The lowest BCUT2D eigenvalue weighted by Gasteiger charge is -2.22. The van der Waals surface area contributed by atoms with Crippen molar-refractivity contribution >= 4 is 16.5 Å². The first-order valence-corrected chi connectivity index (χ1v) is 9.31. The summed E-state index contributed by atoms with van der Waals surface area (Å²) in [5.41, 5.74) is 1.78. The molecular formula is C17H31N3S. The van der Waals surface area contributed by atoms with E-state index >= 15 is 0 Å². The highest BCUT2D eigenvalue weighted by molar-refractivity contribution is 7.15. The Morgan fingerprint density at radius 3 is 2.76 bits per heavy atom. The van der Waals surface area contributed by atoms with E-state index in [4.69, 9.17) is 4.98 Å². The lowest BCUT2D eigenvalue weighted by molar-refractivity contribution is 0.325. The summed E-state index contributed by atoms with van der Waals surface area (Å²) in [6.07, 6.45) is 6.13. The molecule has 1 aliphatic heterocycles. The van der Waals surface area contributed by atoms with Crippen molar-refractivity contribution in [2.75, 3.05) is 24.5 Å². The van der Waals surface area contributed by atoms with Crippen LogP contribution in [0.15, 0.2) is 0 Å². The van der Waals surface area contributed by atoms with Crippen LogP contribution in [0, 0.1) is 5.41 Å². The molecule has 0 radical (unpaired) electrons. The van der Waals surface area contributed by atoms with Gasteiger partial charge < -0.3 is 10.2 Å². The second kappa shape index (κ2) is 7.59. The van der Waals surface area contributed by atoms with E-state index in [-0.39, 0.29) is 0 Å². The molecule has 21 heavy (non-hydrogen) atoms. The molecular weight excluding hydrogens is 278 g/mol. The Kier molecular flexibility index (Phi) is 6.06. The number of hydrogen-bond acceptors (Lipinski definition) is 4. The summed E-state index contributed by atoms with van der Waals surface area (Å²) in [4.78, 5) is 8.88. The fourth-order valence-corrected chi connectivity index (χ4v) is 4.08. The number of rotatable bonds is 6. The second-order valence-corrected chi connectivity index (χ2v) is 7.96. The lowest BCUT2D eigenvalue weighted by atomic mass is 9.85. The van der Waals surface area contributed by atoms with Crippen molar-refractivity contribution < 1.29 is 0 Å². The first-order valence-electron chi connectivity index (χ1n) is 8.50. The van der Waals surface area contributed by atoms with Gasteiger partial charge in [-0.25, -0.2) is 4.98 Å². The monoisotopic (exact) mass is 309 g/mol. The van der Waals surface area contributed by atoms with Crippen molar-refractivity contribution in [2.45, 2.75) is 66.3 Å². The first kappa shape index (κ1) is 16.8. The van der Waals surface area contributed by atoms with Crippen LogP contribution < -0.4 is 10.2 Å². The number of aromatic nitrogens is 1. The Morgan fingerprint density at radius 1 is 1.24 bits per heavy atom. The van der Waals surface area contributed by atoms with E-state index in [0.717, 1.165) is 26.1 Å². The molecule has 120 valence electrons. The highest BCUT2D eigenvalue weighted by atomic mass is 32.1. The van der Waals surface area contributed by atoms with Gasteiger partial charge in [-0.15, -0.1) is 11.3 Å². The number of nitrogens with one attached hydrogen (secondary N) is 1. The Hall–Kier alpha value is -0.610. The minimum atomic E-state index is 0.491. The maximum atomic E-state index is 4.92. The van der Waals surface area contributed by atoms with Gasteiger partial charge in [-0.2, -0.15) is 0 Å². The van der Waals surface area contributed by atoms with Crippen LogP contribution in [0.5, 0.6) is 0 Å². The van der Waals surface area contributed by atoms with Crippen molar-refractivity contribution in [3.05, 3.63) is 10.6 Å². The van der Waals surface area contributed by atoms with Crippen molar-refractivity contribution in [1.82, 2.24) is 10.3 Å². The van der Waals surface area contributed by atoms with E-state index in [2.05, 4.69) is 37.9 Å². The number of thiazole rings is 1. The molecule has 0 unspecified atom stereocenters.